The van der Waals surface area contributed by atoms with Crippen LogP contribution in [0.5, 0.6) is 28.7 Å². The van der Waals surface area contributed by atoms with Gasteiger partial charge in [0.15, 0.2) is 23.0 Å². The molecule has 7 heteroatoms. The zero-order chi connectivity index (χ0) is 23.7. The van der Waals surface area contributed by atoms with Crippen LogP contribution in [0.25, 0.3) is 0 Å². The monoisotopic (exact) mass is 460 g/mol. The predicted molar refractivity (Wildman–Crippen MR) is 129 cm³/mol. The Morgan fingerprint density at radius 2 is 1.62 bits per heavy atom. The summed E-state index contributed by atoms with van der Waals surface area (Å²) in [5.74, 6) is 3.61. The topological polar surface area (TPSA) is 61.8 Å². The number of nitrogens with zero attached hydrogens (tertiary/aromatic N) is 2. The molecule has 0 bridgehead atoms. The molecule has 176 valence electrons. The molecule has 0 aromatic heterocycles. The number of hydrogen-bond acceptors (Lipinski definition) is 7. The van der Waals surface area contributed by atoms with Crippen LogP contribution in [0, 0.1) is 0 Å². The Morgan fingerprint density at radius 1 is 0.882 bits per heavy atom. The van der Waals surface area contributed by atoms with E-state index in [0.29, 0.717) is 29.6 Å². The van der Waals surface area contributed by atoms with Gasteiger partial charge in [-0.1, -0.05) is 18.2 Å². The van der Waals surface area contributed by atoms with E-state index in [9.17, 15) is 0 Å². The first kappa shape index (κ1) is 21.9. The molecule has 2 atom stereocenters. The van der Waals surface area contributed by atoms with Gasteiger partial charge in [-0.25, -0.2) is 5.01 Å². The summed E-state index contributed by atoms with van der Waals surface area (Å²) in [6, 6.07) is 20.0. The first-order chi connectivity index (χ1) is 16.7. The van der Waals surface area contributed by atoms with Gasteiger partial charge >= 0.3 is 0 Å². The second-order valence-electron chi connectivity index (χ2n) is 8.07. The third-order valence-corrected chi connectivity index (χ3v) is 6.19. The van der Waals surface area contributed by atoms with E-state index in [0.717, 1.165) is 34.6 Å². The first-order valence-electron chi connectivity index (χ1n) is 11.3. The number of benzene rings is 3. The lowest BCUT2D eigenvalue weighted by Gasteiger charge is -2.38. The van der Waals surface area contributed by atoms with Gasteiger partial charge in [0.25, 0.3) is 0 Å². The average molecular weight is 461 g/mol. The van der Waals surface area contributed by atoms with Gasteiger partial charge in [0.2, 0.25) is 6.23 Å². The molecule has 0 saturated carbocycles. The normalized spacial score (nSPS) is 18.4. The van der Waals surface area contributed by atoms with Crippen LogP contribution in [0.1, 0.15) is 42.3 Å². The number of hydrogen-bond donors (Lipinski definition) is 0. The lowest BCUT2D eigenvalue weighted by atomic mass is 9.95. The molecule has 0 fully saturated rings. The van der Waals surface area contributed by atoms with Crippen LogP contribution in [0.4, 0.5) is 0 Å². The van der Waals surface area contributed by atoms with Crippen molar-refractivity contribution in [2.24, 2.45) is 5.10 Å². The van der Waals surface area contributed by atoms with Crippen LogP contribution in [0.3, 0.4) is 0 Å². The van der Waals surface area contributed by atoms with E-state index in [2.05, 4.69) is 6.07 Å². The Morgan fingerprint density at radius 3 is 2.38 bits per heavy atom. The molecule has 0 spiro atoms. The highest BCUT2D eigenvalue weighted by atomic mass is 16.5. The molecule has 2 aliphatic heterocycles. The Hall–Kier alpha value is -3.87. The van der Waals surface area contributed by atoms with Gasteiger partial charge in [-0.15, -0.1) is 0 Å². The zero-order valence-corrected chi connectivity index (χ0v) is 19.8. The standard InChI is InChI=1S/C27H28N2O5/c1-5-33-24-13-11-18(15-26(24)32-4)27-29-21(19-8-6-7-9-22(19)34-27)16-20(28-29)17-10-12-23(30-2)25(14-17)31-3/h6-15,21,27H,5,16H2,1-4H3. The fraction of sp³-hybridized carbons (Fsp3) is 0.296. The number of hydrazone groups is 1. The van der Waals surface area contributed by atoms with Crippen molar-refractivity contribution in [3.8, 4) is 28.7 Å². The second-order valence-corrected chi connectivity index (χ2v) is 8.07. The van der Waals surface area contributed by atoms with Crippen molar-refractivity contribution in [2.75, 3.05) is 27.9 Å². The maximum atomic E-state index is 6.47. The van der Waals surface area contributed by atoms with Crippen molar-refractivity contribution in [3.05, 3.63) is 77.4 Å². The van der Waals surface area contributed by atoms with E-state index >= 15 is 0 Å². The smallest absolute Gasteiger partial charge is 0.214 e. The predicted octanol–water partition coefficient (Wildman–Crippen LogP) is 5.35. The molecule has 0 aliphatic carbocycles. The minimum atomic E-state index is -0.401. The second kappa shape index (κ2) is 9.17. The van der Waals surface area contributed by atoms with Gasteiger partial charge in [0, 0.05) is 23.1 Å². The molecule has 0 saturated heterocycles. The SMILES string of the molecule is CCOc1ccc(C2Oc3ccccc3C3CC(c4ccc(OC)c(OC)c4)=NN32)cc1OC. The van der Waals surface area contributed by atoms with Crippen molar-refractivity contribution in [3.63, 3.8) is 0 Å². The van der Waals surface area contributed by atoms with Gasteiger partial charge in [0.05, 0.1) is 39.7 Å². The summed E-state index contributed by atoms with van der Waals surface area (Å²) in [5, 5.41) is 7.08. The van der Waals surface area contributed by atoms with Crippen molar-refractivity contribution >= 4 is 5.71 Å². The lowest BCUT2D eigenvalue weighted by Crippen LogP contribution is -2.33. The molecule has 34 heavy (non-hydrogen) atoms. The summed E-state index contributed by atoms with van der Waals surface area (Å²) in [6.07, 6.45) is 0.350. The molecule has 3 aromatic carbocycles. The Labute approximate surface area is 199 Å². The Balaban J connectivity index is 1.56. The molecule has 2 unspecified atom stereocenters. The summed E-state index contributed by atoms with van der Waals surface area (Å²) < 4.78 is 28.7. The molecule has 3 aromatic rings. The Bertz CT molecular complexity index is 1230. The van der Waals surface area contributed by atoms with Crippen molar-refractivity contribution in [1.29, 1.82) is 0 Å². The van der Waals surface area contributed by atoms with E-state index in [4.69, 9.17) is 28.8 Å². The lowest BCUT2D eigenvalue weighted by molar-refractivity contribution is -0.0191. The third-order valence-electron chi connectivity index (χ3n) is 6.19. The van der Waals surface area contributed by atoms with Crippen molar-refractivity contribution in [2.45, 2.75) is 25.6 Å². The minimum Gasteiger partial charge on any atom is -0.493 e. The van der Waals surface area contributed by atoms with Crippen LogP contribution >= 0.6 is 0 Å². The number of para-hydroxylation sites is 1. The van der Waals surface area contributed by atoms with E-state index in [1.165, 1.54) is 0 Å². The number of methoxy groups -OCH3 is 3. The molecule has 0 radical (unpaired) electrons. The molecule has 7 nitrogen and oxygen atoms in total. The third kappa shape index (κ3) is 3.77. The zero-order valence-electron chi connectivity index (χ0n) is 19.8. The number of fused-ring (bicyclic) bond motifs is 3. The van der Waals surface area contributed by atoms with Crippen LogP contribution in [0.2, 0.25) is 0 Å². The van der Waals surface area contributed by atoms with Gasteiger partial charge in [-0.2, -0.15) is 5.10 Å². The molecule has 0 amide bonds. The van der Waals surface area contributed by atoms with Crippen LogP contribution in [-0.2, 0) is 0 Å². The molecule has 2 heterocycles. The van der Waals surface area contributed by atoms with Crippen molar-refractivity contribution in [1.82, 2.24) is 5.01 Å². The molecule has 2 aliphatic rings. The van der Waals surface area contributed by atoms with E-state index < -0.39 is 6.23 Å². The summed E-state index contributed by atoms with van der Waals surface area (Å²) in [7, 11) is 4.92. The largest absolute Gasteiger partial charge is 0.493 e. The van der Waals surface area contributed by atoms with Gasteiger partial charge < -0.3 is 23.7 Å². The van der Waals surface area contributed by atoms with E-state index in [1.54, 1.807) is 21.3 Å². The van der Waals surface area contributed by atoms with Gasteiger partial charge in [-0.05, 0) is 49.4 Å². The number of ether oxygens (including phenoxy) is 5. The molecule has 5 rings (SSSR count). The summed E-state index contributed by atoms with van der Waals surface area (Å²) in [6.45, 7) is 2.52. The highest BCUT2D eigenvalue weighted by molar-refractivity contribution is 6.02. The van der Waals surface area contributed by atoms with E-state index in [-0.39, 0.29) is 6.04 Å². The number of rotatable bonds is 7. The first-order valence-corrected chi connectivity index (χ1v) is 11.3. The average Bonchev–Trinajstić information content (AvgIpc) is 3.34. The van der Waals surface area contributed by atoms with Crippen LogP contribution in [0.15, 0.2) is 65.8 Å². The minimum absolute atomic E-state index is 0.0515. The molecular weight excluding hydrogens is 432 g/mol. The van der Waals surface area contributed by atoms with Gasteiger partial charge in [-0.3, -0.25) is 0 Å². The highest BCUT2D eigenvalue weighted by Crippen LogP contribution is 2.48. The summed E-state index contributed by atoms with van der Waals surface area (Å²) in [4.78, 5) is 0. The fourth-order valence-electron chi connectivity index (χ4n) is 4.56. The fourth-order valence-corrected chi connectivity index (χ4v) is 4.56. The maximum absolute atomic E-state index is 6.47. The van der Waals surface area contributed by atoms with E-state index in [1.807, 2.05) is 66.5 Å². The summed E-state index contributed by atoms with van der Waals surface area (Å²) >= 11 is 0. The summed E-state index contributed by atoms with van der Waals surface area (Å²) in [5.41, 5.74) is 4.02. The maximum Gasteiger partial charge on any atom is 0.214 e. The van der Waals surface area contributed by atoms with Gasteiger partial charge in [0.1, 0.15) is 5.75 Å². The Kier molecular flexibility index (Phi) is 5.92. The van der Waals surface area contributed by atoms with Crippen molar-refractivity contribution < 1.29 is 23.7 Å². The van der Waals surface area contributed by atoms with Crippen LogP contribution < -0.4 is 23.7 Å². The molecule has 0 N–H and O–H groups in total. The van der Waals surface area contributed by atoms with Crippen LogP contribution in [-0.4, -0.2) is 38.7 Å². The molecular formula is C27H28N2O5. The highest BCUT2D eigenvalue weighted by Gasteiger charge is 2.41. The quantitative estimate of drug-likeness (QED) is 0.474.